The van der Waals surface area contributed by atoms with E-state index in [1.54, 1.807) is 11.1 Å². The first kappa shape index (κ1) is 17.3. The predicted octanol–water partition coefficient (Wildman–Crippen LogP) is 1.60. The molecule has 7 nitrogen and oxygen atoms in total. The lowest BCUT2D eigenvalue weighted by atomic mass is 10.1. The molecule has 0 aromatic carbocycles. The normalized spacial score (nSPS) is 19.5. The summed E-state index contributed by atoms with van der Waals surface area (Å²) < 4.78 is 5.39. The van der Waals surface area contributed by atoms with E-state index in [-0.39, 0.29) is 24.5 Å². The number of piperazine rings is 1. The number of amides is 1. The minimum absolute atomic E-state index is 0.0596. The highest BCUT2D eigenvalue weighted by molar-refractivity contribution is 5.95. The molecule has 0 radical (unpaired) electrons. The van der Waals surface area contributed by atoms with Crippen LogP contribution in [0, 0.1) is 0 Å². The molecule has 1 aromatic heterocycles. The van der Waals surface area contributed by atoms with Crippen LogP contribution in [0.25, 0.3) is 0 Å². The molecule has 2 rings (SSSR count). The maximum Gasteiger partial charge on any atom is 0.410 e. The Morgan fingerprint density at radius 3 is 2.61 bits per heavy atom. The lowest BCUT2D eigenvalue weighted by Gasteiger charge is -2.39. The standard InChI is InChI=1S/C16H24N4O3/c1-12-10-20(15(22)23-16(2,3)4)8-7-19(12)11-14(21)13-9-17-5-6-18-13/h5-6,9,12H,7-8,10-11H2,1-4H3/t12-/m1/s1. The van der Waals surface area contributed by atoms with Gasteiger partial charge in [0.1, 0.15) is 11.3 Å². The van der Waals surface area contributed by atoms with Gasteiger partial charge in [-0.1, -0.05) is 0 Å². The molecule has 1 aliphatic heterocycles. The molecule has 1 fully saturated rings. The van der Waals surface area contributed by atoms with Crippen molar-refractivity contribution in [2.75, 3.05) is 26.2 Å². The number of carbonyl (C=O) groups is 2. The van der Waals surface area contributed by atoms with Crippen LogP contribution in [0.4, 0.5) is 4.79 Å². The molecule has 0 N–H and O–H groups in total. The minimum Gasteiger partial charge on any atom is -0.444 e. The second-order valence-electron chi connectivity index (χ2n) is 6.76. The Kier molecular flexibility index (Phi) is 5.30. The van der Waals surface area contributed by atoms with Gasteiger partial charge in [-0.25, -0.2) is 9.78 Å². The van der Waals surface area contributed by atoms with E-state index in [0.717, 1.165) is 0 Å². The van der Waals surface area contributed by atoms with Crippen LogP contribution in [0.3, 0.4) is 0 Å². The molecule has 0 bridgehead atoms. The minimum atomic E-state index is -0.501. The van der Waals surface area contributed by atoms with Gasteiger partial charge in [-0.2, -0.15) is 0 Å². The molecular formula is C16H24N4O3. The second-order valence-corrected chi connectivity index (χ2v) is 6.76. The molecular weight excluding hydrogens is 296 g/mol. The van der Waals surface area contributed by atoms with Crippen molar-refractivity contribution in [1.29, 1.82) is 0 Å². The maximum atomic E-state index is 12.2. The number of aromatic nitrogens is 2. The molecule has 1 atom stereocenters. The zero-order valence-electron chi connectivity index (χ0n) is 14.2. The molecule has 0 saturated carbocycles. The summed E-state index contributed by atoms with van der Waals surface area (Å²) in [6.07, 6.45) is 4.23. The summed E-state index contributed by atoms with van der Waals surface area (Å²) >= 11 is 0. The zero-order chi connectivity index (χ0) is 17.0. The molecule has 23 heavy (non-hydrogen) atoms. The molecule has 2 heterocycles. The van der Waals surface area contributed by atoms with Crippen LogP contribution < -0.4 is 0 Å². The molecule has 7 heteroatoms. The molecule has 0 unspecified atom stereocenters. The van der Waals surface area contributed by atoms with E-state index in [4.69, 9.17) is 4.74 Å². The third kappa shape index (κ3) is 4.99. The number of hydrogen-bond donors (Lipinski definition) is 0. The van der Waals surface area contributed by atoms with Crippen molar-refractivity contribution >= 4 is 11.9 Å². The predicted molar refractivity (Wildman–Crippen MR) is 85.2 cm³/mol. The van der Waals surface area contributed by atoms with Crippen molar-refractivity contribution in [2.45, 2.75) is 39.3 Å². The fraction of sp³-hybridized carbons (Fsp3) is 0.625. The zero-order valence-corrected chi connectivity index (χ0v) is 14.2. The topological polar surface area (TPSA) is 75.6 Å². The summed E-state index contributed by atoms with van der Waals surface area (Å²) in [5.41, 5.74) is -0.131. The van der Waals surface area contributed by atoms with Gasteiger partial charge in [0.05, 0.1) is 12.7 Å². The largest absolute Gasteiger partial charge is 0.444 e. The van der Waals surface area contributed by atoms with E-state index in [1.807, 2.05) is 27.7 Å². The van der Waals surface area contributed by atoms with E-state index in [2.05, 4.69) is 14.9 Å². The van der Waals surface area contributed by atoms with Gasteiger partial charge in [-0.05, 0) is 27.7 Å². The van der Waals surface area contributed by atoms with Crippen LogP contribution >= 0.6 is 0 Å². The Morgan fingerprint density at radius 1 is 1.30 bits per heavy atom. The third-order valence-electron chi connectivity index (χ3n) is 3.61. The fourth-order valence-corrected chi connectivity index (χ4v) is 2.43. The Balaban J connectivity index is 1.89. The van der Waals surface area contributed by atoms with Crippen LogP contribution in [0.1, 0.15) is 38.2 Å². The third-order valence-corrected chi connectivity index (χ3v) is 3.61. The van der Waals surface area contributed by atoms with Gasteiger partial charge >= 0.3 is 6.09 Å². The molecule has 1 aromatic rings. The Hall–Kier alpha value is -2.02. The average Bonchev–Trinajstić information content (AvgIpc) is 2.48. The molecule has 0 aliphatic carbocycles. The van der Waals surface area contributed by atoms with Gasteiger partial charge in [0.15, 0.2) is 5.78 Å². The first-order chi connectivity index (χ1) is 10.8. The van der Waals surface area contributed by atoms with E-state index in [0.29, 0.717) is 25.3 Å². The molecule has 1 saturated heterocycles. The lowest BCUT2D eigenvalue weighted by Crippen LogP contribution is -2.55. The first-order valence-corrected chi connectivity index (χ1v) is 7.77. The van der Waals surface area contributed by atoms with Crippen molar-refractivity contribution in [1.82, 2.24) is 19.8 Å². The van der Waals surface area contributed by atoms with Crippen LogP contribution in [0.15, 0.2) is 18.6 Å². The van der Waals surface area contributed by atoms with Gasteiger partial charge < -0.3 is 9.64 Å². The monoisotopic (exact) mass is 320 g/mol. The summed E-state index contributed by atoms with van der Waals surface area (Å²) in [6.45, 7) is 9.56. The highest BCUT2D eigenvalue weighted by Gasteiger charge is 2.30. The molecule has 1 aliphatic rings. The van der Waals surface area contributed by atoms with Gasteiger partial charge in [0.2, 0.25) is 0 Å². The number of nitrogens with zero attached hydrogens (tertiary/aromatic N) is 4. The van der Waals surface area contributed by atoms with Crippen molar-refractivity contribution in [3.8, 4) is 0 Å². The Morgan fingerprint density at radius 2 is 2.04 bits per heavy atom. The first-order valence-electron chi connectivity index (χ1n) is 7.77. The van der Waals surface area contributed by atoms with Gasteiger partial charge in [-0.3, -0.25) is 14.7 Å². The summed E-state index contributed by atoms with van der Waals surface area (Å²) in [4.78, 5) is 36.0. The van der Waals surface area contributed by atoms with Gasteiger partial charge in [-0.15, -0.1) is 0 Å². The van der Waals surface area contributed by atoms with E-state index >= 15 is 0 Å². The lowest BCUT2D eigenvalue weighted by molar-refractivity contribution is 0.00656. The SMILES string of the molecule is C[C@@H]1CN(C(=O)OC(C)(C)C)CCN1CC(=O)c1cnccn1. The van der Waals surface area contributed by atoms with Gasteiger partial charge in [0.25, 0.3) is 0 Å². The molecule has 1 amide bonds. The summed E-state index contributed by atoms with van der Waals surface area (Å²) in [5.74, 6) is -0.0596. The van der Waals surface area contributed by atoms with E-state index in [1.165, 1.54) is 12.4 Å². The fourth-order valence-electron chi connectivity index (χ4n) is 2.43. The quantitative estimate of drug-likeness (QED) is 0.788. The van der Waals surface area contributed by atoms with E-state index in [9.17, 15) is 9.59 Å². The van der Waals surface area contributed by atoms with Crippen LogP contribution in [-0.2, 0) is 4.74 Å². The highest BCUT2D eigenvalue weighted by Crippen LogP contribution is 2.15. The number of ether oxygens (including phenoxy) is 1. The summed E-state index contributed by atoms with van der Waals surface area (Å²) in [5, 5.41) is 0. The average molecular weight is 320 g/mol. The van der Waals surface area contributed by atoms with Crippen molar-refractivity contribution in [3.05, 3.63) is 24.3 Å². The van der Waals surface area contributed by atoms with Crippen molar-refractivity contribution < 1.29 is 14.3 Å². The maximum absolute atomic E-state index is 12.2. The van der Waals surface area contributed by atoms with Crippen LogP contribution in [-0.4, -0.2) is 69.5 Å². The second kappa shape index (κ2) is 7.04. The number of ketones is 1. The number of rotatable bonds is 3. The highest BCUT2D eigenvalue weighted by atomic mass is 16.6. The Bertz CT molecular complexity index is 556. The van der Waals surface area contributed by atoms with Crippen molar-refractivity contribution in [2.24, 2.45) is 0 Å². The van der Waals surface area contributed by atoms with Crippen LogP contribution in [0.5, 0.6) is 0 Å². The number of carbonyl (C=O) groups excluding carboxylic acids is 2. The van der Waals surface area contributed by atoms with Crippen LogP contribution in [0.2, 0.25) is 0 Å². The summed E-state index contributed by atoms with van der Waals surface area (Å²) in [7, 11) is 0. The van der Waals surface area contributed by atoms with E-state index < -0.39 is 5.60 Å². The Labute approximate surface area is 136 Å². The van der Waals surface area contributed by atoms with Crippen molar-refractivity contribution in [3.63, 3.8) is 0 Å². The van der Waals surface area contributed by atoms with Gasteiger partial charge in [0, 0.05) is 38.1 Å². The number of Topliss-reactive ketones (excluding diaryl/α,β-unsaturated/α-hetero) is 1. The number of hydrogen-bond acceptors (Lipinski definition) is 6. The smallest absolute Gasteiger partial charge is 0.410 e. The summed E-state index contributed by atoms with van der Waals surface area (Å²) in [6, 6.07) is 0.0805. The molecule has 126 valence electrons. The molecule has 0 spiro atoms.